The fraction of sp³-hybridized carbons (Fsp3) is 0.667. The van der Waals surface area contributed by atoms with E-state index in [4.69, 9.17) is 4.74 Å². The molecule has 3 atom stereocenters. The van der Waals surface area contributed by atoms with Crippen LogP contribution in [0.2, 0.25) is 0 Å². The molecule has 8 heteroatoms. The topological polar surface area (TPSA) is 80.5 Å². The lowest BCUT2D eigenvalue weighted by atomic mass is 10.2. The van der Waals surface area contributed by atoms with E-state index >= 15 is 0 Å². The van der Waals surface area contributed by atoms with Gasteiger partial charge in [-0.05, 0) is 32.3 Å². The number of rotatable bonds is 4. The highest BCUT2D eigenvalue weighted by molar-refractivity contribution is 7.12. The molecular formula is C15H22N4O3S. The Bertz CT molecular complexity index is 734. The van der Waals surface area contributed by atoms with Crippen LogP contribution in [0.25, 0.3) is 10.2 Å². The minimum absolute atomic E-state index is 0.135. The van der Waals surface area contributed by atoms with E-state index < -0.39 is 6.10 Å². The van der Waals surface area contributed by atoms with Crippen molar-refractivity contribution in [3.63, 3.8) is 0 Å². The second kappa shape index (κ2) is 6.64. The smallest absolute Gasteiger partial charge is 0.264 e. The molecule has 3 heterocycles. The summed E-state index contributed by atoms with van der Waals surface area (Å²) in [5, 5.41) is 10.9. The maximum atomic E-state index is 12.5. The SMILES string of the molecule is Cc1nsc2ncn(C[C@@H](O)CN3C[C@@H](C)O[C@@H](C)C3)c(=O)c12. The fourth-order valence-electron chi connectivity index (χ4n) is 3.16. The molecule has 0 aliphatic carbocycles. The van der Waals surface area contributed by atoms with Gasteiger partial charge in [0.05, 0.1) is 42.3 Å². The first kappa shape index (κ1) is 16.5. The molecule has 2 aromatic rings. The van der Waals surface area contributed by atoms with E-state index in [2.05, 4.69) is 14.3 Å². The average molecular weight is 338 g/mol. The fourth-order valence-corrected chi connectivity index (χ4v) is 3.89. The van der Waals surface area contributed by atoms with E-state index in [0.717, 1.165) is 13.1 Å². The van der Waals surface area contributed by atoms with Crippen molar-refractivity contribution in [2.24, 2.45) is 0 Å². The summed E-state index contributed by atoms with van der Waals surface area (Å²) in [6, 6.07) is 0. The maximum Gasteiger partial charge on any atom is 0.264 e. The van der Waals surface area contributed by atoms with E-state index in [1.807, 2.05) is 13.8 Å². The van der Waals surface area contributed by atoms with Crippen molar-refractivity contribution >= 4 is 21.7 Å². The first-order valence-corrected chi connectivity index (χ1v) is 8.58. The van der Waals surface area contributed by atoms with E-state index in [0.29, 0.717) is 22.5 Å². The Morgan fingerprint density at radius 2 is 2.09 bits per heavy atom. The van der Waals surface area contributed by atoms with Gasteiger partial charge in [-0.1, -0.05) is 0 Å². The van der Waals surface area contributed by atoms with Gasteiger partial charge in [-0.25, -0.2) is 4.98 Å². The highest BCUT2D eigenvalue weighted by Crippen LogP contribution is 2.15. The van der Waals surface area contributed by atoms with Gasteiger partial charge in [-0.15, -0.1) is 0 Å². The van der Waals surface area contributed by atoms with E-state index in [9.17, 15) is 9.90 Å². The Morgan fingerprint density at radius 3 is 2.78 bits per heavy atom. The van der Waals surface area contributed by atoms with Crippen LogP contribution >= 0.6 is 11.5 Å². The van der Waals surface area contributed by atoms with Crippen molar-refractivity contribution in [2.45, 2.75) is 45.6 Å². The summed E-state index contributed by atoms with van der Waals surface area (Å²) in [7, 11) is 0. The third-order valence-corrected chi connectivity index (χ3v) is 4.85. The van der Waals surface area contributed by atoms with E-state index in [1.165, 1.54) is 22.4 Å². The van der Waals surface area contributed by atoms with Gasteiger partial charge in [0.2, 0.25) is 0 Å². The van der Waals surface area contributed by atoms with Gasteiger partial charge in [0.1, 0.15) is 0 Å². The maximum absolute atomic E-state index is 12.5. The number of fused-ring (bicyclic) bond motifs is 1. The molecule has 0 amide bonds. The predicted octanol–water partition coefficient (Wildman–Crippen LogP) is 0.632. The summed E-state index contributed by atoms with van der Waals surface area (Å²) in [6.45, 7) is 8.20. The number of aryl methyl sites for hydroxylation is 1. The highest BCUT2D eigenvalue weighted by atomic mass is 32.1. The quantitative estimate of drug-likeness (QED) is 0.881. The molecule has 0 bridgehead atoms. The number of β-amino-alcohol motifs (C(OH)–C–C–N with tert-alkyl or cyclic N) is 1. The molecule has 23 heavy (non-hydrogen) atoms. The van der Waals surface area contributed by atoms with Crippen molar-refractivity contribution in [3.8, 4) is 0 Å². The van der Waals surface area contributed by atoms with Crippen LogP contribution in [-0.2, 0) is 11.3 Å². The molecule has 1 aliphatic heterocycles. The standard InChI is InChI=1S/C15H22N4O3S/c1-9-4-18(5-10(2)22-9)6-12(20)7-19-8-16-14-13(15(19)21)11(3)17-23-14/h8-10,12,20H,4-7H2,1-3H3/t9-,10+,12-/m0/s1. The number of nitrogens with zero attached hydrogens (tertiary/aromatic N) is 4. The molecule has 1 fully saturated rings. The Balaban J connectivity index is 1.70. The molecule has 0 unspecified atom stereocenters. The Hall–Kier alpha value is -1.35. The van der Waals surface area contributed by atoms with Crippen molar-refractivity contribution in [1.29, 1.82) is 0 Å². The largest absolute Gasteiger partial charge is 0.390 e. The number of aliphatic hydroxyl groups excluding tert-OH is 1. The summed E-state index contributed by atoms with van der Waals surface area (Å²) < 4.78 is 11.3. The van der Waals surface area contributed by atoms with Crippen molar-refractivity contribution < 1.29 is 9.84 Å². The Kier molecular flexibility index (Phi) is 4.77. The summed E-state index contributed by atoms with van der Waals surface area (Å²) in [4.78, 5) is 19.6. The molecule has 0 saturated carbocycles. The van der Waals surface area contributed by atoms with E-state index in [1.54, 1.807) is 6.92 Å². The normalized spacial score (nSPS) is 24.2. The number of hydrogen-bond donors (Lipinski definition) is 1. The van der Waals surface area contributed by atoms with Gasteiger partial charge >= 0.3 is 0 Å². The van der Waals surface area contributed by atoms with E-state index in [-0.39, 0.29) is 24.3 Å². The predicted molar refractivity (Wildman–Crippen MR) is 88.9 cm³/mol. The Labute approximate surface area is 138 Å². The summed E-state index contributed by atoms with van der Waals surface area (Å²) in [6.07, 6.45) is 1.18. The first-order valence-electron chi connectivity index (χ1n) is 7.81. The molecule has 1 aliphatic rings. The van der Waals surface area contributed by atoms with Crippen LogP contribution in [0.15, 0.2) is 11.1 Å². The lowest BCUT2D eigenvalue weighted by Gasteiger charge is -2.36. The summed E-state index contributed by atoms with van der Waals surface area (Å²) in [5.41, 5.74) is 0.561. The van der Waals surface area contributed by atoms with Gasteiger partial charge in [0, 0.05) is 19.6 Å². The molecule has 0 radical (unpaired) electrons. The number of morpholine rings is 1. The molecule has 126 valence electrons. The van der Waals surface area contributed by atoms with Crippen molar-refractivity contribution in [1.82, 2.24) is 18.8 Å². The zero-order valence-electron chi connectivity index (χ0n) is 13.6. The van der Waals surface area contributed by atoms with Gasteiger partial charge < -0.3 is 9.84 Å². The molecular weight excluding hydrogens is 316 g/mol. The van der Waals surface area contributed by atoms with Gasteiger partial charge in [0.25, 0.3) is 5.56 Å². The second-order valence-electron chi connectivity index (χ2n) is 6.28. The zero-order chi connectivity index (χ0) is 16.6. The monoisotopic (exact) mass is 338 g/mol. The molecule has 1 saturated heterocycles. The molecule has 7 nitrogen and oxygen atoms in total. The molecule has 1 N–H and O–H groups in total. The van der Waals surface area contributed by atoms with Crippen LogP contribution in [0.5, 0.6) is 0 Å². The average Bonchev–Trinajstić information content (AvgIpc) is 2.83. The number of ether oxygens (including phenoxy) is 1. The van der Waals surface area contributed by atoms with Crippen LogP contribution in [0, 0.1) is 6.92 Å². The lowest BCUT2D eigenvalue weighted by Crippen LogP contribution is -2.48. The zero-order valence-corrected chi connectivity index (χ0v) is 14.4. The Morgan fingerprint density at radius 1 is 1.39 bits per heavy atom. The van der Waals surface area contributed by atoms with Crippen molar-refractivity contribution in [2.75, 3.05) is 19.6 Å². The molecule has 0 spiro atoms. The molecule has 3 rings (SSSR count). The minimum atomic E-state index is -0.628. The lowest BCUT2D eigenvalue weighted by molar-refractivity contribution is -0.0773. The molecule has 2 aromatic heterocycles. The van der Waals surface area contributed by atoms with Crippen LogP contribution in [-0.4, -0.2) is 61.9 Å². The minimum Gasteiger partial charge on any atom is -0.390 e. The van der Waals surface area contributed by atoms with Crippen LogP contribution in [0.1, 0.15) is 19.5 Å². The van der Waals surface area contributed by atoms with Crippen LogP contribution < -0.4 is 5.56 Å². The highest BCUT2D eigenvalue weighted by Gasteiger charge is 2.24. The first-order chi connectivity index (χ1) is 10.9. The summed E-state index contributed by atoms with van der Waals surface area (Å²) in [5.74, 6) is 0. The molecule has 0 aromatic carbocycles. The number of aliphatic hydroxyl groups is 1. The number of aromatic nitrogens is 3. The van der Waals surface area contributed by atoms with Crippen LogP contribution in [0.3, 0.4) is 0 Å². The van der Waals surface area contributed by atoms with Gasteiger partial charge in [-0.3, -0.25) is 14.3 Å². The summed E-state index contributed by atoms with van der Waals surface area (Å²) >= 11 is 1.23. The second-order valence-corrected chi connectivity index (χ2v) is 7.03. The third-order valence-electron chi connectivity index (χ3n) is 4.01. The van der Waals surface area contributed by atoms with Crippen molar-refractivity contribution in [3.05, 3.63) is 22.4 Å². The van der Waals surface area contributed by atoms with Gasteiger partial charge in [-0.2, -0.15) is 4.37 Å². The van der Waals surface area contributed by atoms with Gasteiger partial charge in [0.15, 0.2) is 4.83 Å². The third kappa shape index (κ3) is 3.60. The number of hydrogen-bond acceptors (Lipinski definition) is 7. The van der Waals surface area contributed by atoms with Crippen LogP contribution in [0.4, 0.5) is 0 Å².